The Morgan fingerprint density at radius 2 is 1.85 bits per heavy atom. The molecule has 1 N–H and O–H groups in total. The lowest BCUT2D eigenvalue weighted by Gasteiger charge is -2.20. The molecule has 2 aromatic carbocycles. The van der Waals surface area contributed by atoms with Crippen molar-refractivity contribution in [3.05, 3.63) is 59.9 Å². The molecule has 0 bridgehead atoms. The van der Waals surface area contributed by atoms with Gasteiger partial charge in [0.15, 0.2) is 0 Å². The van der Waals surface area contributed by atoms with E-state index >= 15 is 0 Å². The molecule has 0 radical (unpaired) electrons. The van der Waals surface area contributed by atoms with Crippen molar-refractivity contribution >= 4 is 11.4 Å². The van der Waals surface area contributed by atoms with Crippen molar-refractivity contribution < 1.29 is 4.39 Å². The maximum absolute atomic E-state index is 13.8. The molecule has 104 valence electrons. The molecule has 0 atom stereocenters. The Morgan fingerprint density at radius 3 is 2.55 bits per heavy atom. The second-order valence-electron chi connectivity index (χ2n) is 5.37. The van der Waals surface area contributed by atoms with Crippen LogP contribution in [0, 0.1) is 5.82 Å². The minimum atomic E-state index is -0.183. The van der Waals surface area contributed by atoms with Crippen LogP contribution in [0.1, 0.15) is 18.4 Å². The predicted octanol–water partition coefficient (Wildman–Crippen LogP) is 3.85. The van der Waals surface area contributed by atoms with Crippen LogP contribution in [0.3, 0.4) is 0 Å². The van der Waals surface area contributed by atoms with E-state index in [1.807, 2.05) is 48.3 Å². The summed E-state index contributed by atoms with van der Waals surface area (Å²) < 4.78 is 13.8. The zero-order valence-electron chi connectivity index (χ0n) is 11.6. The molecule has 2 nitrogen and oxygen atoms in total. The second kappa shape index (κ2) is 5.63. The van der Waals surface area contributed by atoms with Gasteiger partial charge in [-0.15, -0.1) is 0 Å². The third kappa shape index (κ3) is 3.17. The Hall–Kier alpha value is -1.87. The summed E-state index contributed by atoms with van der Waals surface area (Å²) >= 11 is 0. The fourth-order valence-electron chi connectivity index (χ4n) is 2.28. The van der Waals surface area contributed by atoms with E-state index in [-0.39, 0.29) is 5.82 Å². The fourth-order valence-corrected chi connectivity index (χ4v) is 2.28. The maximum atomic E-state index is 13.8. The molecular formula is C17H19FN2. The molecule has 20 heavy (non-hydrogen) atoms. The molecule has 1 aliphatic rings. The number of benzene rings is 2. The number of hydrogen-bond acceptors (Lipinski definition) is 2. The smallest absolute Gasteiger partial charge is 0.125 e. The number of nitrogens with zero attached hydrogens (tertiary/aromatic N) is 1. The molecule has 0 aliphatic heterocycles. The second-order valence-corrected chi connectivity index (χ2v) is 5.37. The molecule has 0 amide bonds. The first-order chi connectivity index (χ1) is 9.72. The lowest BCUT2D eigenvalue weighted by Crippen LogP contribution is -2.16. The highest BCUT2D eigenvalue weighted by Gasteiger charge is 2.20. The van der Waals surface area contributed by atoms with Gasteiger partial charge < -0.3 is 10.2 Å². The van der Waals surface area contributed by atoms with Crippen LogP contribution in [0.5, 0.6) is 0 Å². The Bertz CT molecular complexity index is 579. The van der Waals surface area contributed by atoms with E-state index < -0.39 is 0 Å². The highest BCUT2D eigenvalue weighted by molar-refractivity contribution is 5.63. The first-order valence-corrected chi connectivity index (χ1v) is 7.04. The van der Waals surface area contributed by atoms with Crippen LogP contribution in [-0.4, -0.2) is 13.1 Å². The third-order valence-electron chi connectivity index (χ3n) is 3.65. The van der Waals surface area contributed by atoms with Gasteiger partial charge >= 0.3 is 0 Å². The van der Waals surface area contributed by atoms with Crippen LogP contribution in [0.25, 0.3) is 0 Å². The number of rotatable bonds is 5. The molecule has 1 aliphatic carbocycles. The Balaban J connectivity index is 1.80. The third-order valence-corrected chi connectivity index (χ3v) is 3.65. The van der Waals surface area contributed by atoms with Crippen molar-refractivity contribution in [2.45, 2.75) is 25.4 Å². The first kappa shape index (κ1) is 13.1. The Morgan fingerprint density at radius 1 is 1.10 bits per heavy atom. The molecular weight excluding hydrogens is 251 g/mol. The Kier molecular flexibility index (Phi) is 3.70. The van der Waals surface area contributed by atoms with Gasteiger partial charge in [-0.2, -0.15) is 0 Å². The molecule has 1 fully saturated rings. The van der Waals surface area contributed by atoms with Crippen LogP contribution in [0.4, 0.5) is 15.8 Å². The molecule has 0 aromatic heterocycles. The SMILES string of the molecule is CN(c1ccccc1)c1cc(F)cc(CNC2CC2)c1. The predicted molar refractivity (Wildman–Crippen MR) is 80.8 cm³/mol. The van der Waals surface area contributed by atoms with Crippen molar-refractivity contribution in [3.8, 4) is 0 Å². The van der Waals surface area contributed by atoms with Crippen molar-refractivity contribution in [1.82, 2.24) is 5.32 Å². The summed E-state index contributed by atoms with van der Waals surface area (Å²) in [6, 6.07) is 15.9. The molecule has 0 heterocycles. The molecule has 0 unspecified atom stereocenters. The van der Waals surface area contributed by atoms with E-state index in [9.17, 15) is 4.39 Å². The zero-order chi connectivity index (χ0) is 13.9. The van der Waals surface area contributed by atoms with Gasteiger partial charge in [-0.1, -0.05) is 18.2 Å². The molecule has 2 aromatic rings. The average Bonchev–Trinajstić information content (AvgIpc) is 3.29. The normalized spacial score (nSPS) is 14.3. The van der Waals surface area contributed by atoms with E-state index in [0.29, 0.717) is 6.04 Å². The van der Waals surface area contributed by atoms with Gasteiger partial charge in [-0.25, -0.2) is 4.39 Å². The summed E-state index contributed by atoms with van der Waals surface area (Å²) in [4.78, 5) is 2.00. The van der Waals surface area contributed by atoms with Gasteiger partial charge in [-0.3, -0.25) is 0 Å². The summed E-state index contributed by atoms with van der Waals surface area (Å²) in [6.45, 7) is 0.734. The molecule has 1 saturated carbocycles. The molecule has 3 heteroatoms. The number of halogens is 1. The van der Waals surface area contributed by atoms with Gasteiger partial charge in [0.25, 0.3) is 0 Å². The standard InChI is InChI=1S/C17H19FN2/c1-20(16-5-3-2-4-6-16)17-10-13(9-14(18)11-17)12-19-15-7-8-15/h2-6,9-11,15,19H,7-8,12H2,1H3. The lowest BCUT2D eigenvalue weighted by molar-refractivity contribution is 0.619. The van der Waals surface area contributed by atoms with E-state index in [4.69, 9.17) is 0 Å². The molecule has 3 rings (SSSR count). The van der Waals surface area contributed by atoms with Gasteiger partial charge in [-0.05, 0) is 48.7 Å². The summed E-state index contributed by atoms with van der Waals surface area (Å²) in [5.74, 6) is -0.183. The van der Waals surface area contributed by atoms with Crippen molar-refractivity contribution in [2.75, 3.05) is 11.9 Å². The van der Waals surface area contributed by atoms with E-state index in [1.54, 1.807) is 12.1 Å². The Labute approximate surface area is 119 Å². The van der Waals surface area contributed by atoms with Crippen molar-refractivity contribution in [3.63, 3.8) is 0 Å². The number of para-hydroxylation sites is 1. The van der Waals surface area contributed by atoms with Gasteiger partial charge in [0.05, 0.1) is 0 Å². The van der Waals surface area contributed by atoms with Crippen LogP contribution in [-0.2, 0) is 6.54 Å². The highest BCUT2D eigenvalue weighted by atomic mass is 19.1. The van der Waals surface area contributed by atoms with E-state index in [0.717, 1.165) is 23.5 Å². The van der Waals surface area contributed by atoms with Crippen LogP contribution >= 0.6 is 0 Å². The maximum Gasteiger partial charge on any atom is 0.125 e. The summed E-state index contributed by atoms with van der Waals surface area (Å²) in [6.07, 6.45) is 2.48. The minimum absolute atomic E-state index is 0.183. The number of nitrogens with one attached hydrogen (secondary N) is 1. The average molecular weight is 270 g/mol. The summed E-state index contributed by atoms with van der Waals surface area (Å²) in [7, 11) is 1.96. The minimum Gasteiger partial charge on any atom is -0.345 e. The monoisotopic (exact) mass is 270 g/mol. The van der Waals surface area contributed by atoms with Crippen LogP contribution in [0.2, 0.25) is 0 Å². The van der Waals surface area contributed by atoms with Crippen molar-refractivity contribution in [1.29, 1.82) is 0 Å². The molecule has 0 saturated heterocycles. The van der Waals surface area contributed by atoms with Gasteiger partial charge in [0.2, 0.25) is 0 Å². The highest BCUT2D eigenvalue weighted by Crippen LogP contribution is 2.26. The van der Waals surface area contributed by atoms with Crippen molar-refractivity contribution in [2.24, 2.45) is 0 Å². The van der Waals surface area contributed by atoms with Crippen LogP contribution in [0.15, 0.2) is 48.5 Å². The number of hydrogen-bond donors (Lipinski definition) is 1. The zero-order valence-corrected chi connectivity index (χ0v) is 11.6. The summed E-state index contributed by atoms with van der Waals surface area (Å²) in [5.41, 5.74) is 2.93. The fraction of sp³-hybridized carbons (Fsp3) is 0.294. The molecule has 0 spiro atoms. The van der Waals surface area contributed by atoms with Gasteiger partial charge in [0.1, 0.15) is 5.82 Å². The topological polar surface area (TPSA) is 15.3 Å². The lowest BCUT2D eigenvalue weighted by atomic mass is 10.1. The number of anilines is 2. The largest absolute Gasteiger partial charge is 0.345 e. The first-order valence-electron chi connectivity index (χ1n) is 7.04. The van der Waals surface area contributed by atoms with Crippen LogP contribution < -0.4 is 10.2 Å². The quantitative estimate of drug-likeness (QED) is 0.888. The van der Waals surface area contributed by atoms with Gasteiger partial charge in [0, 0.05) is 31.0 Å². The van der Waals surface area contributed by atoms with E-state index in [2.05, 4.69) is 5.32 Å². The summed E-state index contributed by atoms with van der Waals surface area (Å²) in [5, 5.41) is 3.42. The van der Waals surface area contributed by atoms with E-state index in [1.165, 1.54) is 12.8 Å².